The fourth-order valence-corrected chi connectivity index (χ4v) is 3.35. The zero-order valence-corrected chi connectivity index (χ0v) is 16.2. The van der Waals surface area contributed by atoms with Gasteiger partial charge in [-0.25, -0.2) is 9.36 Å². The molecule has 0 saturated heterocycles. The van der Waals surface area contributed by atoms with Crippen molar-refractivity contribution in [2.24, 2.45) is 0 Å². The summed E-state index contributed by atoms with van der Waals surface area (Å²) in [7, 11) is 0. The normalized spacial score (nSPS) is 11.7. The minimum absolute atomic E-state index is 0.296. The molecule has 2 aromatic carbocycles. The SMILES string of the molecule is Cc1cc(C(C)(C)c2cc(C)n(-c3ccccc3)n2)nn1-c1ccccc1. The van der Waals surface area contributed by atoms with Crippen LogP contribution in [-0.4, -0.2) is 19.6 Å². The molecule has 0 saturated carbocycles. The molecule has 0 aliphatic carbocycles. The number of nitrogens with zero attached hydrogens (tertiary/aromatic N) is 4. The Morgan fingerprint density at radius 1 is 0.630 bits per heavy atom. The Morgan fingerprint density at radius 3 is 1.37 bits per heavy atom. The van der Waals surface area contributed by atoms with Gasteiger partial charge in [0, 0.05) is 11.4 Å². The van der Waals surface area contributed by atoms with E-state index in [1.165, 1.54) is 0 Å². The van der Waals surface area contributed by atoms with Gasteiger partial charge < -0.3 is 0 Å². The highest BCUT2D eigenvalue weighted by molar-refractivity contribution is 5.39. The largest absolute Gasteiger partial charge is 0.238 e. The summed E-state index contributed by atoms with van der Waals surface area (Å²) >= 11 is 0. The van der Waals surface area contributed by atoms with Gasteiger partial charge in [-0.05, 0) is 64.1 Å². The first-order valence-electron chi connectivity index (χ1n) is 9.22. The molecule has 0 unspecified atom stereocenters. The first-order valence-corrected chi connectivity index (χ1v) is 9.22. The van der Waals surface area contributed by atoms with Crippen molar-refractivity contribution in [2.75, 3.05) is 0 Å². The van der Waals surface area contributed by atoms with Crippen LogP contribution in [0.2, 0.25) is 0 Å². The Bertz CT molecular complexity index is 971. The number of aromatic nitrogens is 4. The fraction of sp³-hybridized carbons (Fsp3) is 0.217. The average molecular weight is 356 g/mol. The monoisotopic (exact) mass is 356 g/mol. The quantitative estimate of drug-likeness (QED) is 0.516. The highest BCUT2D eigenvalue weighted by Crippen LogP contribution is 2.31. The second kappa shape index (κ2) is 6.54. The van der Waals surface area contributed by atoms with Crippen LogP contribution in [-0.2, 0) is 5.41 Å². The van der Waals surface area contributed by atoms with E-state index in [1.807, 2.05) is 45.8 Å². The van der Waals surface area contributed by atoms with Crippen molar-refractivity contribution < 1.29 is 0 Å². The van der Waals surface area contributed by atoms with Crippen LogP contribution >= 0.6 is 0 Å². The van der Waals surface area contributed by atoms with E-state index in [0.717, 1.165) is 34.2 Å². The Kier molecular flexibility index (Phi) is 4.19. The van der Waals surface area contributed by atoms with Gasteiger partial charge in [0.2, 0.25) is 0 Å². The second-order valence-corrected chi connectivity index (χ2v) is 7.46. The summed E-state index contributed by atoms with van der Waals surface area (Å²) in [6.45, 7) is 8.54. The van der Waals surface area contributed by atoms with E-state index < -0.39 is 0 Å². The molecule has 0 amide bonds. The zero-order chi connectivity index (χ0) is 19.0. The maximum atomic E-state index is 4.91. The van der Waals surface area contributed by atoms with Gasteiger partial charge in [-0.3, -0.25) is 0 Å². The molecular formula is C23H24N4. The molecule has 136 valence electrons. The Hall–Kier alpha value is -3.14. The van der Waals surface area contributed by atoms with Crippen LogP contribution in [0.4, 0.5) is 0 Å². The number of rotatable bonds is 4. The first kappa shape index (κ1) is 17.3. The van der Waals surface area contributed by atoms with Crippen LogP contribution in [0.1, 0.15) is 36.6 Å². The Morgan fingerprint density at radius 2 is 1.00 bits per heavy atom. The van der Waals surface area contributed by atoms with Crippen molar-refractivity contribution in [3.05, 3.63) is 95.6 Å². The lowest BCUT2D eigenvalue weighted by Crippen LogP contribution is -2.21. The minimum atomic E-state index is -0.296. The molecule has 0 N–H and O–H groups in total. The van der Waals surface area contributed by atoms with Crippen LogP contribution in [0, 0.1) is 13.8 Å². The fourth-order valence-electron chi connectivity index (χ4n) is 3.35. The molecule has 2 aromatic heterocycles. The lowest BCUT2D eigenvalue weighted by atomic mass is 9.85. The molecule has 4 rings (SSSR count). The van der Waals surface area contributed by atoms with E-state index in [4.69, 9.17) is 10.2 Å². The van der Waals surface area contributed by atoms with Crippen LogP contribution in [0.5, 0.6) is 0 Å². The summed E-state index contributed by atoms with van der Waals surface area (Å²) in [4.78, 5) is 0. The summed E-state index contributed by atoms with van der Waals surface area (Å²) in [6, 6.07) is 24.8. The van der Waals surface area contributed by atoms with Gasteiger partial charge in [0.1, 0.15) is 0 Å². The Balaban J connectivity index is 1.75. The summed E-state index contributed by atoms with van der Waals surface area (Å²) in [6.07, 6.45) is 0. The van der Waals surface area contributed by atoms with Crippen molar-refractivity contribution in [3.8, 4) is 11.4 Å². The number of para-hydroxylation sites is 2. The maximum absolute atomic E-state index is 4.91. The molecule has 0 fully saturated rings. The molecule has 4 nitrogen and oxygen atoms in total. The lowest BCUT2D eigenvalue weighted by molar-refractivity contribution is 0.576. The topological polar surface area (TPSA) is 35.6 Å². The summed E-state index contributed by atoms with van der Waals surface area (Å²) in [5, 5.41) is 9.81. The molecule has 0 aliphatic heterocycles. The van der Waals surface area contributed by atoms with Gasteiger partial charge >= 0.3 is 0 Å². The highest BCUT2D eigenvalue weighted by Gasteiger charge is 2.30. The van der Waals surface area contributed by atoms with Crippen LogP contribution in [0.3, 0.4) is 0 Å². The average Bonchev–Trinajstić information content (AvgIpc) is 3.27. The van der Waals surface area contributed by atoms with Crippen molar-refractivity contribution in [2.45, 2.75) is 33.1 Å². The minimum Gasteiger partial charge on any atom is -0.238 e. The third-order valence-corrected chi connectivity index (χ3v) is 5.06. The summed E-state index contributed by atoms with van der Waals surface area (Å²) in [5.74, 6) is 0. The molecule has 4 heteroatoms. The molecule has 4 aromatic rings. The van der Waals surface area contributed by atoms with Crippen LogP contribution in [0.15, 0.2) is 72.8 Å². The van der Waals surface area contributed by atoms with Crippen LogP contribution in [0.25, 0.3) is 11.4 Å². The smallest absolute Gasteiger partial charge is 0.0748 e. The summed E-state index contributed by atoms with van der Waals surface area (Å²) < 4.78 is 4.00. The number of benzene rings is 2. The molecule has 0 aliphatic rings. The molecule has 0 radical (unpaired) electrons. The maximum Gasteiger partial charge on any atom is 0.0748 e. The molecule has 27 heavy (non-hydrogen) atoms. The van der Waals surface area contributed by atoms with Gasteiger partial charge in [-0.15, -0.1) is 0 Å². The second-order valence-electron chi connectivity index (χ2n) is 7.46. The third-order valence-electron chi connectivity index (χ3n) is 5.06. The predicted octanol–water partition coefficient (Wildman–Crippen LogP) is 5.00. The molecule has 0 bridgehead atoms. The molecule has 2 heterocycles. The van der Waals surface area contributed by atoms with E-state index in [-0.39, 0.29) is 5.41 Å². The van der Waals surface area contributed by atoms with Gasteiger partial charge in [0.25, 0.3) is 0 Å². The summed E-state index contributed by atoms with van der Waals surface area (Å²) in [5.41, 5.74) is 6.11. The van der Waals surface area contributed by atoms with E-state index in [2.05, 4.69) is 64.1 Å². The van der Waals surface area contributed by atoms with E-state index >= 15 is 0 Å². The zero-order valence-electron chi connectivity index (χ0n) is 16.2. The van der Waals surface area contributed by atoms with E-state index in [9.17, 15) is 0 Å². The van der Waals surface area contributed by atoms with Crippen LogP contribution < -0.4 is 0 Å². The molecule has 0 spiro atoms. The van der Waals surface area contributed by atoms with Gasteiger partial charge in [0.05, 0.1) is 28.2 Å². The number of hydrogen-bond acceptors (Lipinski definition) is 2. The molecular weight excluding hydrogens is 332 g/mol. The van der Waals surface area contributed by atoms with Gasteiger partial charge in [-0.2, -0.15) is 10.2 Å². The standard InChI is InChI=1S/C23H24N4/c1-17-15-21(24-26(17)19-11-7-5-8-12-19)23(3,4)22-16-18(2)27(25-22)20-13-9-6-10-14-20/h5-16H,1-4H3. The van der Waals surface area contributed by atoms with Crippen molar-refractivity contribution in [3.63, 3.8) is 0 Å². The molecule has 0 atom stereocenters. The first-order chi connectivity index (χ1) is 13.0. The van der Waals surface area contributed by atoms with Crippen molar-refractivity contribution in [1.29, 1.82) is 0 Å². The predicted molar refractivity (Wildman–Crippen MR) is 109 cm³/mol. The third kappa shape index (κ3) is 3.08. The Labute approximate surface area is 160 Å². The van der Waals surface area contributed by atoms with E-state index in [0.29, 0.717) is 0 Å². The van der Waals surface area contributed by atoms with Crippen molar-refractivity contribution in [1.82, 2.24) is 19.6 Å². The number of aryl methyl sites for hydroxylation is 2. The highest BCUT2D eigenvalue weighted by atomic mass is 15.3. The van der Waals surface area contributed by atoms with Gasteiger partial charge in [0.15, 0.2) is 0 Å². The van der Waals surface area contributed by atoms with Crippen molar-refractivity contribution >= 4 is 0 Å². The number of hydrogen-bond donors (Lipinski definition) is 0. The van der Waals surface area contributed by atoms with Gasteiger partial charge in [-0.1, -0.05) is 36.4 Å². The lowest BCUT2D eigenvalue weighted by Gasteiger charge is -2.19. The van der Waals surface area contributed by atoms with E-state index in [1.54, 1.807) is 0 Å².